The van der Waals surface area contributed by atoms with Crippen LogP contribution in [-0.2, 0) is 4.74 Å². The Balaban J connectivity index is 2.08. The fourth-order valence-electron chi connectivity index (χ4n) is 4.15. The van der Waals surface area contributed by atoms with Gasteiger partial charge >= 0.3 is 0 Å². The molecule has 3 nitrogen and oxygen atoms in total. The standard InChI is InChI=1S/C17H34N2O/c1-13(2)16-11-17(12-18,8-9-20-16)19(4)15-7-5-6-14(3)10-15/h13-16H,5-12,18H2,1-4H3. The third-order valence-electron chi connectivity index (χ3n) is 5.81. The maximum atomic E-state index is 6.25. The average Bonchev–Trinajstić information content (AvgIpc) is 2.46. The minimum Gasteiger partial charge on any atom is -0.378 e. The van der Waals surface area contributed by atoms with E-state index in [2.05, 4.69) is 32.7 Å². The molecule has 1 aliphatic heterocycles. The Morgan fingerprint density at radius 3 is 2.70 bits per heavy atom. The van der Waals surface area contributed by atoms with E-state index in [0.717, 1.165) is 31.9 Å². The maximum Gasteiger partial charge on any atom is 0.0616 e. The molecule has 118 valence electrons. The van der Waals surface area contributed by atoms with E-state index in [1.54, 1.807) is 0 Å². The SMILES string of the molecule is CC1CCCC(N(C)C2(CN)CCOC(C(C)C)C2)C1. The Kier molecular flexibility index (Phi) is 5.49. The predicted molar refractivity (Wildman–Crippen MR) is 84.8 cm³/mol. The number of ether oxygens (including phenoxy) is 1. The minimum absolute atomic E-state index is 0.162. The van der Waals surface area contributed by atoms with Gasteiger partial charge in [-0.1, -0.05) is 33.6 Å². The molecule has 0 radical (unpaired) electrons. The number of nitrogens with zero attached hydrogens (tertiary/aromatic N) is 1. The van der Waals surface area contributed by atoms with Crippen molar-refractivity contribution >= 4 is 0 Å². The number of hydrogen-bond donors (Lipinski definition) is 1. The first-order valence-electron chi connectivity index (χ1n) is 8.53. The summed E-state index contributed by atoms with van der Waals surface area (Å²) in [5.41, 5.74) is 6.41. The summed E-state index contributed by atoms with van der Waals surface area (Å²) in [5, 5.41) is 0. The highest BCUT2D eigenvalue weighted by molar-refractivity contribution is 4.98. The Morgan fingerprint density at radius 2 is 2.10 bits per heavy atom. The molecular weight excluding hydrogens is 248 g/mol. The summed E-state index contributed by atoms with van der Waals surface area (Å²) in [4.78, 5) is 2.64. The van der Waals surface area contributed by atoms with E-state index in [1.165, 1.54) is 25.7 Å². The van der Waals surface area contributed by atoms with Gasteiger partial charge in [0.25, 0.3) is 0 Å². The summed E-state index contributed by atoms with van der Waals surface area (Å²) in [6.07, 6.45) is 8.02. The lowest BCUT2D eigenvalue weighted by Gasteiger charge is -2.51. The van der Waals surface area contributed by atoms with Crippen molar-refractivity contribution in [2.45, 2.75) is 77.0 Å². The topological polar surface area (TPSA) is 38.5 Å². The van der Waals surface area contributed by atoms with Crippen molar-refractivity contribution in [1.29, 1.82) is 0 Å². The highest BCUT2D eigenvalue weighted by atomic mass is 16.5. The largest absolute Gasteiger partial charge is 0.378 e. The molecule has 0 aromatic rings. The average molecular weight is 282 g/mol. The van der Waals surface area contributed by atoms with Gasteiger partial charge in [-0.25, -0.2) is 0 Å². The van der Waals surface area contributed by atoms with Crippen LogP contribution in [0.3, 0.4) is 0 Å². The molecule has 0 spiro atoms. The van der Waals surface area contributed by atoms with Crippen LogP contribution in [0.4, 0.5) is 0 Å². The van der Waals surface area contributed by atoms with Crippen LogP contribution in [0.25, 0.3) is 0 Å². The zero-order chi connectivity index (χ0) is 14.8. The Labute approximate surface area is 125 Å². The van der Waals surface area contributed by atoms with Gasteiger partial charge in [0.1, 0.15) is 0 Å². The van der Waals surface area contributed by atoms with Crippen LogP contribution in [0.2, 0.25) is 0 Å². The van der Waals surface area contributed by atoms with Gasteiger partial charge in [0.05, 0.1) is 6.10 Å². The third kappa shape index (κ3) is 3.37. The normalized spacial score (nSPS) is 39.5. The summed E-state index contributed by atoms with van der Waals surface area (Å²) in [5.74, 6) is 1.45. The lowest BCUT2D eigenvalue weighted by atomic mass is 9.78. The molecular formula is C17H34N2O. The zero-order valence-corrected chi connectivity index (χ0v) is 13.9. The Morgan fingerprint density at radius 1 is 1.35 bits per heavy atom. The van der Waals surface area contributed by atoms with E-state index < -0.39 is 0 Å². The number of rotatable bonds is 4. The lowest BCUT2D eigenvalue weighted by molar-refractivity contribution is -0.0952. The van der Waals surface area contributed by atoms with Gasteiger partial charge in [-0.15, -0.1) is 0 Å². The molecule has 1 saturated carbocycles. The molecule has 0 aromatic carbocycles. The minimum atomic E-state index is 0.162. The smallest absolute Gasteiger partial charge is 0.0616 e. The molecule has 0 aromatic heterocycles. The van der Waals surface area contributed by atoms with Crippen LogP contribution in [0.1, 0.15) is 59.3 Å². The van der Waals surface area contributed by atoms with Crippen LogP contribution in [0.5, 0.6) is 0 Å². The number of hydrogen-bond acceptors (Lipinski definition) is 3. The quantitative estimate of drug-likeness (QED) is 0.861. The molecule has 1 aliphatic carbocycles. The van der Waals surface area contributed by atoms with E-state index >= 15 is 0 Å². The second-order valence-electron chi connectivity index (χ2n) is 7.57. The summed E-state index contributed by atoms with van der Waals surface area (Å²) >= 11 is 0. The third-order valence-corrected chi connectivity index (χ3v) is 5.81. The van der Waals surface area contributed by atoms with E-state index in [0.29, 0.717) is 18.1 Å². The van der Waals surface area contributed by atoms with Crippen LogP contribution >= 0.6 is 0 Å². The monoisotopic (exact) mass is 282 g/mol. The van der Waals surface area contributed by atoms with Gasteiger partial charge in [-0.05, 0) is 44.6 Å². The van der Waals surface area contributed by atoms with E-state index in [1.807, 2.05) is 0 Å². The highest BCUT2D eigenvalue weighted by Crippen LogP contribution is 2.37. The summed E-state index contributed by atoms with van der Waals surface area (Å²) in [6, 6.07) is 0.716. The van der Waals surface area contributed by atoms with E-state index in [-0.39, 0.29) is 5.54 Å². The molecule has 2 rings (SSSR count). The van der Waals surface area contributed by atoms with Crippen molar-refractivity contribution in [3.8, 4) is 0 Å². The van der Waals surface area contributed by atoms with Crippen LogP contribution in [0, 0.1) is 11.8 Å². The lowest BCUT2D eigenvalue weighted by Crippen LogP contribution is -2.61. The van der Waals surface area contributed by atoms with Crippen LogP contribution in [0.15, 0.2) is 0 Å². The summed E-state index contributed by atoms with van der Waals surface area (Å²) in [7, 11) is 2.32. The van der Waals surface area contributed by atoms with Gasteiger partial charge in [-0.3, -0.25) is 4.90 Å². The van der Waals surface area contributed by atoms with Crippen molar-refractivity contribution in [2.75, 3.05) is 20.2 Å². The van der Waals surface area contributed by atoms with Crippen molar-refractivity contribution in [3.05, 3.63) is 0 Å². The first kappa shape index (κ1) is 16.3. The zero-order valence-electron chi connectivity index (χ0n) is 13.9. The summed E-state index contributed by atoms with van der Waals surface area (Å²) in [6.45, 7) is 8.56. The molecule has 2 N–H and O–H groups in total. The van der Waals surface area contributed by atoms with Crippen molar-refractivity contribution in [1.82, 2.24) is 4.90 Å². The second-order valence-corrected chi connectivity index (χ2v) is 7.57. The number of nitrogens with two attached hydrogens (primary N) is 1. The molecule has 4 atom stereocenters. The Hall–Kier alpha value is -0.120. The molecule has 1 heterocycles. The molecule has 0 amide bonds. The molecule has 4 unspecified atom stereocenters. The molecule has 2 aliphatic rings. The molecule has 20 heavy (non-hydrogen) atoms. The van der Waals surface area contributed by atoms with E-state index in [9.17, 15) is 0 Å². The van der Waals surface area contributed by atoms with Gasteiger partial charge in [0, 0.05) is 24.7 Å². The predicted octanol–water partition coefficient (Wildman–Crippen LogP) is 3.03. The number of likely N-dealkylation sites (N-methyl/N-ethyl adjacent to an activating group) is 1. The van der Waals surface area contributed by atoms with Gasteiger partial charge in [-0.2, -0.15) is 0 Å². The van der Waals surface area contributed by atoms with Crippen molar-refractivity contribution in [2.24, 2.45) is 17.6 Å². The Bertz CT molecular complexity index is 307. The second kappa shape index (κ2) is 6.76. The molecule has 1 saturated heterocycles. The van der Waals surface area contributed by atoms with Crippen LogP contribution < -0.4 is 5.73 Å². The first-order chi connectivity index (χ1) is 9.48. The van der Waals surface area contributed by atoms with Crippen molar-refractivity contribution < 1.29 is 4.74 Å². The summed E-state index contributed by atoms with van der Waals surface area (Å²) < 4.78 is 5.97. The molecule has 3 heteroatoms. The molecule has 2 fully saturated rings. The maximum absolute atomic E-state index is 6.25. The van der Waals surface area contributed by atoms with Gasteiger partial charge in [0.15, 0.2) is 0 Å². The first-order valence-corrected chi connectivity index (χ1v) is 8.53. The fourth-order valence-corrected chi connectivity index (χ4v) is 4.15. The fraction of sp³-hybridized carbons (Fsp3) is 1.00. The highest BCUT2D eigenvalue weighted by Gasteiger charge is 2.43. The van der Waals surface area contributed by atoms with Gasteiger partial charge < -0.3 is 10.5 Å². The van der Waals surface area contributed by atoms with Crippen LogP contribution in [-0.4, -0.2) is 42.8 Å². The van der Waals surface area contributed by atoms with Gasteiger partial charge in [0.2, 0.25) is 0 Å². The van der Waals surface area contributed by atoms with E-state index in [4.69, 9.17) is 10.5 Å². The van der Waals surface area contributed by atoms with Crippen molar-refractivity contribution in [3.63, 3.8) is 0 Å². The molecule has 0 bridgehead atoms.